The Morgan fingerprint density at radius 1 is 1.23 bits per heavy atom. The van der Waals surface area contributed by atoms with Gasteiger partial charge in [-0.25, -0.2) is 0 Å². The molecule has 1 amide bonds. The van der Waals surface area contributed by atoms with E-state index in [4.69, 9.17) is 21.6 Å². The zero-order valence-corrected chi connectivity index (χ0v) is 17.5. The number of hydrogen-bond acceptors (Lipinski definition) is 6. The highest BCUT2D eigenvalue weighted by Gasteiger charge is 2.14. The number of benzene rings is 2. The van der Waals surface area contributed by atoms with E-state index in [2.05, 4.69) is 22.1 Å². The van der Waals surface area contributed by atoms with Crippen LogP contribution in [0.4, 0.5) is 5.69 Å². The van der Waals surface area contributed by atoms with Gasteiger partial charge in [0.25, 0.3) is 0 Å². The summed E-state index contributed by atoms with van der Waals surface area (Å²) in [6, 6.07) is 15.8. The zero-order chi connectivity index (χ0) is 21.3. The lowest BCUT2D eigenvalue weighted by Crippen LogP contribution is -2.15. The molecule has 0 saturated heterocycles. The molecule has 152 valence electrons. The number of allylic oxidation sites excluding steroid dienone is 1. The summed E-state index contributed by atoms with van der Waals surface area (Å²) in [4.78, 5) is 12.2. The van der Waals surface area contributed by atoms with E-state index in [1.807, 2.05) is 10.6 Å². The SMILES string of the molecule is C=CCn1c(COc2ccc(Cl)cc2)nnc1SCC(=O)Nc1ccc(C#N)cc1. The van der Waals surface area contributed by atoms with Crippen molar-refractivity contribution in [1.82, 2.24) is 14.8 Å². The second-order valence-electron chi connectivity index (χ2n) is 6.07. The molecule has 1 N–H and O–H groups in total. The third-order valence-electron chi connectivity index (χ3n) is 3.92. The van der Waals surface area contributed by atoms with Gasteiger partial charge in [0.05, 0.1) is 17.4 Å². The fourth-order valence-electron chi connectivity index (χ4n) is 2.48. The lowest BCUT2D eigenvalue weighted by Gasteiger charge is -2.09. The molecule has 0 aliphatic heterocycles. The van der Waals surface area contributed by atoms with E-state index in [9.17, 15) is 4.79 Å². The number of aromatic nitrogens is 3. The molecule has 0 saturated carbocycles. The quantitative estimate of drug-likeness (QED) is 0.394. The molecule has 0 unspecified atom stereocenters. The van der Waals surface area contributed by atoms with Gasteiger partial charge < -0.3 is 10.1 Å². The number of rotatable bonds is 9. The maximum absolute atomic E-state index is 12.2. The van der Waals surface area contributed by atoms with Crippen molar-refractivity contribution in [3.05, 3.63) is 77.6 Å². The van der Waals surface area contributed by atoms with Crippen LogP contribution in [-0.4, -0.2) is 26.4 Å². The number of halogens is 1. The molecule has 0 aliphatic carbocycles. The van der Waals surface area contributed by atoms with E-state index < -0.39 is 0 Å². The lowest BCUT2D eigenvalue weighted by molar-refractivity contribution is -0.113. The highest BCUT2D eigenvalue weighted by atomic mass is 35.5. The van der Waals surface area contributed by atoms with Crippen LogP contribution in [0.2, 0.25) is 5.02 Å². The van der Waals surface area contributed by atoms with Crippen LogP contribution < -0.4 is 10.1 Å². The summed E-state index contributed by atoms with van der Waals surface area (Å²) >= 11 is 7.15. The van der Waals surface area contributed by atoms with Crippen LogP contribution in [0.15, 0.2) is 66.3 Å². The molecule has 0 fully saturated rings. The molecule has 3 rings (SSSR count). The van der Waals surface area contributed by atoms with Gasteiger partial charge in [-0.2, -0.15) is 5.26 Å². The van der Waals surface area contributed by atoms with E-state index in [0.717, 1.165) is 0 Å². The van der Waals surface area contributed by atoms with Crippen molar-refractivity contribution in [2.45, 2.75) is 18.3 Å². The van der Waals surface area contributed by atoms with Gasteiger partial charge in [0.1, 0.15) is 12.4 Å². The highest BCUT2D eigenvalue weighted by molar-refractivity contribution is 7.99. The topological polar surface area (TPSA) is 92.8 Å². The molecule has 30 heavy (non-hydrogen) atoms. The van der Waals surface area contributed by atoms with Gasteiger partial charge >= 0.3 is 0 Å². The first-order valence-electron chi connectivity index (χ1n) is 8.93. The Morgan fingerprint density at radius 2 is 1.97 bits per heavy atom. The van der Waals surface area contributed by atoms with Crippen molar-refractivity contribution in [2.75, 3.05) is 11.1 Å². The maximum Gasteiger partial charge on any atom is 0.234 e. The average molecular weight is 440 g/mol. The maximum atomic E-state index is 12.2. The van der Waals surface area contributed by atoms with E-state index >= 15 is 0 Å². The van der Waals surface area contributed by atoms with Gasteiger partial charge in [-0.1, -0.05) is 29.4 Å². The van der Waals surface area contributed by atoms with Gasteiger partial charge in [0.2, 0.25) is 5.91 Å². The Balaban J connectivity index is 1.59. The minimum absolute atomic E-state index is 0.160. The number of nitrogens with zero attached hydrogens (tertiary/aromatic N) is 4. The van der Waals surface area contributed by atoms with Crippen LogP contribution in [0.3, 0.4) is 0 Å². The summed E-state index contributed by atoms with van der Waals surface area (Å²) in [7, 11) is 0. The fourth-order valence-corrected chi connectivity index (χ4v) is 3.37. The van der Waals surface area contributed by atoms with Crippen LogP contribution in [-0.2, 0) is 17.9 Å². The summed E-state index contributed by atoms with van der Waals surface area (Å²) in [5.74, 6) is 1.27. The summed E-state index contributed by atoms with van der Waals surface area (Å²) < 4.78 is 7.59. The predicted molar refractivity (Wildman–Crippen MR) is 117 cm³/mol. The lowest BCUT2D eigenvalue weighted by atomic mass is 10.2. The molecule has 2 aromatic carbocycles. The van der Waals surface area contributed by atoms with Crippen LogP contribution in [0.1, 0.15) is 11.4 Å². The van der Waals surface area contributed by atoms with Crippen LogP contribution in [0.25, 0.3) is 0 Å². The third kappa shape index (κ3) is 5.86. The molecule has 1 heterocycles. The monoisotopic (exact) mass is 439 g/mol. The molecule has 0 radical (unpaired) electrons. The molecular formula is C21H18ClN5O2S. The first kappa shape index (κ1) is 21.4. The Kier molecular flexibility index (Phi) is 7.49. The number of thioether (sulfide) groups is 1. The summed E-state index contributed by atoms with van der Waals surface area (Å²) in [6.45, 7) is 4.48. The molecule has 1 aromatic heterocycles. The van der Waals surface area contributed by atoms with E-state index in [0.29, 0.717) is 39.5 Å². The van der Waals surface area contributed by atoms with Crippen molar-refractivity contribution < 1.29 is 9.53 Å². The minimum Gasteiger partial charge on any atom is -0.486 e. The van der Waals surface area contributed by atoms with Gasteiger partial charge in [0, 0.05) is 17.3 Å². The number of amides is 1. The summed E-state index contributed by atoms with van der Waals surface area (Å²) in [6.07, 6.45) is 1.73. The highest BCUT2D eigenvalue weighted by Crippen LogP contribution is 2.20. The molecule has 7 nitrogen and oxygen atoms in total. The molecule has 0 spiro atoms. The second kappa shape index (κ2) is 10.5. The number of ether oxygens (including phenoxy) is 1. The molecule has 9 heteroatoms. The molecule has 3 aromatic rings. The first-order valence-corrected chi connectivity index (χ1v) is 10.3. The molecule has 0 bridgehead atoms. The average Bonchev–Trinajstić information content (AvgIpc) is 3.14. The van der Waals surface area contributed by atoms with Gasteiger partial charge in [-0.05, 0) is 48.5 Å². The largest absolute Gasteiger partial charge is 0.486 e. The van der Waals surface area contributed by atoms with E-state index in [1.54, 1.807) is 54.6 Å². The van der Waals surface area contributed by atoms with Crippen LogP contribution in [0, 0.1) is 11.3 Å². The number of carbonyl (C=O) groups is 1. The standard InChI is InChI=1S/C21H18ClN5O2S/c1-2-11-27-19(13-29-18-9-5-16(22)6-10-18)25-26-21(27)30-14-20(28)24-17-7-3-15(12-23)4-8-17/h2-10H,1,11,13-14H2,(H,24,28). The van der Waals surface area contributed by atoms with Crippen molar-refractivity contribution in [1.29, 1.82) is 5.26 Å². The zero-order valence-electron chi connectivity index (χ0n) is 15.9. The predicted octanol–water partition coefficient (Wildman–Crippen LogP) is 4.30. The number of hydrogen-bond donors (Lipinski definition) is 1. The molecular weight excluding hydrogens is 422 g/mol. The minimum atomic E-state index is -0.183. The second-order valence-corrected chi connectivity index (χ2v) is 7.45. The number of nitriles is 1. The van der Waals surface area contributed by atoms with E-state index in [-0.39, 0.29) is 18.3 Å². The van der Waals surface area contributed by atoms with Crippen molar-refractivity contribution in [3.8, 4) is 11.8 Å². The number of carbonyl (C=O) groups excluding carboxylic acids is 1. The van der Waals surface area contributed by atoms with Crippen molar-refractivity contribution >= 4 is 35.0 Å². The molecule has 0 atom stereocenters. The summed E-state index contributed by atoms with van der Waals surface area (Å²) in [5, 5.41) is 21.2. The van der Waals surface area contributed by atoms with Crippen LogP contribution >= 0.6 is 23.4 Å². The van der Waals surface area contributed by atoms with Crippen molar-refractivity contribution in [2.24, 2.45) is 0 Å². The Bertz CT molecular complexity index is 1060. The first-order chi connectivity index (χ1) is 14.6. The van der Waals surface area contributed by atoms with Gasteiger partial charge in [-0.15, -0.1) is 16.8 Å². The normalized spacial score (nSPS) is 10.3. The van der Waals surface area contributed by atoms with E-state index in [1.165, 1.54) is 11.8 Å². The Labute approximate surface area is 183 Å². The summed E-state index contributed by atoms with van der Waals surface area (Å²) in [5.41, 5.74) is 1.16. The Hall–Kier alpha value is -3.28. The van der Waals surface area contributed by atoms with Crippen molar-refractivity contribution in [3.63, 3.8) is 0 Å². The fraction of sp³-hybridized carbons (Fsp3) is 0.143. The van der Waals surface area contributed by atoms with Gasteiger partial charge in [0.15, 0.2) is 11.0 Å². The number of nitrogens with one attached hydrogen (secondary N) is 1. The van der Waals surface area contributed by atoms with Gasteiger partial charge in [-0.3, -0.25) is 9.36 Å². The molecule has 0 aliphatic rings. The van der Waals surface area contributed by atoms with Crippen LogP contribution in [0.5, 0.6) is 5.75 Å². The number of anilines is 1. The third-order valence-corrected chi connectivity index (χ3v) is 5.14. The smallest absolute Gasteiger partial charge is 0.234 e. The Morgan fingerprint density at radius 3 is 2.63 bits per heavy atom.